The lowest BCUT2D eigenvalue weighted by atomic mass is 9.75. The second-order valence-corrected chi connectivity index (χ2v) is 9.33. The van der Waals surface area contributed by atoms with E-state index in [0.29, 0.717) is 31.4 Å². The van der Waals surface area contributed by atoms with Crippen LogP contribution in [0.1, 0.15) is 67.9 Å². The van der Waals surface area contributed by atoms with E-state index in [2.05, 4.69) is 5.32 Å². The molecule has 3 atom stereocenters. The molecule has 1 aliphatic rings. The van der Waals surface area contributed by atoms with Crippen LogP contribution in [0.3, 0.4) is 0 Å². The fourth-order valence-corrected chi connectivity index (χ4v) is 4.67. The summed E-state index contributed by atoms with van der Waals surface area (Å²) in [6, 6.07) is 10.4. The summed E-state index contributed by atoms with van der Waals surface area (Å²) in [5.41, 5.74) is -4.36. The highest BCUT2D eigenvalue weighted by Gasteiger charge is 2.50. The number of ether oxygens (including phenoxy) is 1. The van der Waals surface area contributed by atoms with Crippen molar-refractivity contribution in [2.75, 3.05) is 13.2 Å². The molecule has 1 aliphatic heterocycles. The number of alkyl halides is 6. The van der Waals surface area contributed by atoms with Gasteiger partial charge in [0, 0.05) is 17.8 Å². The molecule has 2 aromatic carbocycles. The molecular formula is C25H28F6N2O3. The molecular weight excluding hydrogens is 490 g/mol. The molecule has 0 spiro atoms. The molecule has 36 heavy (non-hydrogen) atoms. The van der Waals surface area contributed by atoms with E-state index in [4.69, 9.17) is 4.74 Å². The fourth-order valence-electron chi connectivity index (χ4n) is 4.67. The van der Waals surface area contributed by atoms with Gasteiger partial charge in [-0.1, -0.05) is 37.3 Å². The van der Waals surface area contributed by atoms with Gasteiger partial charge in [0.05, 0.1) is 35.9 Å². The minimum Gasteiger partial charge on any atom is -0.372 e. The number of nitro groups is 1. The number of piperidine rings is 1. The molecule has 5 nitrogen and oxygen atoms in total. The molecule has 0 saturated carbocycles. The Morgan fingerprint density at radius 3 is 2.06 bits per heavy atom. The van der Waals surface area contributed by atoms with Crippen LogP contribution in [0, 0.1) is 10.1 Å². The quantitative estimate of drug-likeness (QED) is 0.235. The van der Waals surface area contributed by atoms with Gasteiger partial charge in [-0.15, -0.1) is 0 Å². The third-order valence-electron chi connectivity index (χ3n) is 6.86. The third kappa shape index (κ3) is 6.00. The van der Waals surface area contributed by atoms with Gasteiger partial charge in [0.2, 0.25) is 5.54 Å². The number of halogens is 6. The summed E-state index contributed by atoms with van der Waals surface area (Å²) in [5, 5.41) is 15.1. The lowest BCUT2D eigenvalue weighted by molar-refractivity contribution is -0.573. The second kappa shape index (κ2) is 10.4. The van der Waals surface area contributed by atoms with Gasteiger partial charge in [0.1, 0.15) is 0 Å². The first-order chi connectivity index (χ1) is 16.7. The number of nitrogens with zero attached hydrogens (tertiary/aromatic N) is 1. The van der Waals surface area contributed by atoms with Crippen LogP contribution in [0.4, 0.5) is 26.3 Å². The smallest absolute Gasteiger partial charge is 0.372 e. The summed E-state index contributed by atoms with van der Waals surface area (Å²) in [6.07, 6.45) is -9.48. The van der Waals surface area contributed by atoms with Gasteiger partial charge in [0.15, 0.2) is 0 Å². The van der Waals surface area contributed by atoms with Crippen LogP contribution >= 0.6 is 0 Å². The van der Waals surface area contributed by atoms with Gasteiger partial charge in [-0.2, -0.15) is 26.3 Å². The van der Waals surface area contributed by atoms with Gasteiger partial charge in [0.25, 0.3) is 0 Å². The van der Waals surface area contributed by atoms with E-state index in [1.807, 2.05) is 19.1 Å². The number of benzene rings is 2. The molecule has 0 aliphatic carbocycles. The molecule has 1 saturated heterocycles. The Bertz CT molecular complexity index is 1020. The van der Waals surface area contributed by atoms with Gasteiger partial charge < -0.3 is 4.74 Å². The number of nitrogens with one attached hydrogen (secondary N) is 1. The topological polar surface area (TPSA) is 64.4 Å². The third-order valence-corrected chi connectivity index (χ3v) is 6.86. The van der Waals surface area contributed by atoms with Crippen molar-refractivity contribution < 1.29 is 36.0 Å². The van der Waals surface area contributed by atoms with Crippen molar-refractivity contribution in [1.29, 1.82) is 0 Å². The van der Waals surface area contributed by atoms with Crippen molar-refractivity contribution in [2.45, 2.75) is 69.1 Å². The molecule has 1 fully saturated rings. The van der Waals surface area contributed by atoms with Crippen LogP contribution in [-0.4, -0.2) is 23.6 Å². The van der Waals surface area contributed by atoms with Crippen molar-refractivity contribution >= 4 is 0 Å². The van der Waals surface area contributed by atoms with Crippen LogP contribution in [0.25, 0.3) is 0 Å². The second-order valence-electron chi connectivity index (χ2n) is 9.33. The van der Waals surface area contributed by atoms with Gasteiger partial charge in [-0.25, -0.2) is 0 Å². The molecule has 1 unspecified atom stereocenters. The van der Waals surface area contributed by atoms with Crippen molar-refractivity contribution in [3.8, 4) is 0 Å². The molecule has 0 aromatic heterocycles. The Morgan fingerprint density at radius 2 is 1.61 bits per heavy atom. The van der Waals surface area contributed by atoms with E-state index in [-0.39, 0.29) is 36.1 Å². The number of rotatable bonds is 8. The lowest BCUT2D eigenvalue weighted by Gasteiger charge is -2.44. The van der Waals surface area contributed by atoms with E-state index in [1.165, 1.54) is 6.92 Å². The van der Waals surface area contributed by atoms with Crippen LogP contribution in [0.15, 0.2) is 48.5 Å². The summed E-state index contributed by atoms with van der Waals surface area (Å²) in [5.74, 6) is 0. The average molecular weight is 518 g/mol. The van der Waals surface area contributed by atoms with Crippen molar-refractivity contribution in [1.82, 2.24) is 5.32 Å². The molecule has 3 rings (SSSR count). The predicted octanol–water partition coefficient (Wildman–Crippen LogP) is 6.90. The summed E-state index contributed by atoms with van der Waals surface area (Å²) in [7, 11) is 0. The van der Waals surface area contributed by atoms with Crippen molar-refractivity contribution in [3.05, 3.63) is 80.9 Å². The van der Waals surface area contributed by atoms with Crippen LogP contribution < -0.4 is 5.32 Å². The summed E-state index contributed by atoms with van der Waals surface area (Å²) in [6.45, 7) is 3.20. The van der Waals surface area contributed by atoms with Gasteiger partial charge in [-0.05, 0) is 49.1 Å². The van der Waals surface area contributed by atoms with Gasteiger partial charge in [-0.3, -0.25) is 15.4 Å². The lowest BCUT2D eigenvalue weighted by Crippen LogP contribution is -2.60. The first-order valence-corrected chi connectivity index (χ1v) is 11.6. The Kier molecular flexibility index (Phi) is 8.04. The highest BCUT2D eigenvalue weighted by Crippen LogP contribution is 2.40. The molecule has 2 aromatic rings. The monoisotopic (exact) mass is 518 g/mol. The maximum absolute atomic E-state index is 13.3. The molecule has 198 valence electrons. The number of hydrogen-bond donors (Lipinski definition) is 1. The van der Waals surface area contributed by atoms with E-state index >= 15 is 0 Å². The van der Waals surface area contributed by atoms with Crippen LogP contribution in [0.5, 0.6) is 0 Å². The first-order valence-electron chi connectivity index (χ1n) is 11.6. The predicted molar refractivity (Wildman–Crippen MR) is 121 cm³/mol. The largest absolute Gasteiger partial charge is 0.416 e. The highest BCUT2D eigenvalue weighted by molar-refractivity contribution is 5.35. The minimum atomic E-state index is -4.96. The summed E-state index contributed by atoms with van der Waals surface area (Å²) >= 11 is 0. The Morgan fingerprint density at radius 1 is 1.03 bits per heavy atom. The molecule has 1 N–H and O–H groups in total. The Labute approximate surface area is 205 Å². The number of hydrogen-bond acceptors (Lipinski definition) is 4. The SMILES string of the molecule is CCCC1([N+](=O)[O-])CC[C@@](CO[C@H](C)c2cc(C(F)(F)F)cc(C(F)(F)F)c2)(c2ccccc2)NC1. The minimum absolute atomic E-state index is 0.0578. The standard InChI is InChI=1S/C25H28F6N2O3/c1-3-9-22(33(34)35)10-11-23(32-15-22,19-7-5-4-6-8-19)16-36-17(2)18-12-20(24(26,27)28)14-21(13-18)25(29,30)31/h4-8,12-14,17,32H,3,9-11,15-16H2,1-2H3/t17-,22?,23-/m1/s1. The highest BCUT2D eigenvalue weighted by atomic mass is 19.4. The van der Waals surface area contributed by atoms with E-state index in [0.717, 1.165) is 5.56 Å². The zero-order chi connectivity index (χ0) is 26.8. The van der Waals surface area contributed by atoms with Gasteiger partial charge >= 0.3 is 12.4 Å². The molecule has 0 amide bonds. The van der Waals surface area contributed by atoms with E-state index in [1.54, 1.807) is 18.2 Å². The zero-order valence-electron chi connectivity index (χ0n) is 19.9. The molecule has 0 radical (unpaired) electrons. The van der Waals surface area contributed by atoms with E-state index in [9.17, 15) is 36.5 Å². The van der Waals surface area contributed by atoms with E-state index < -0.39 is 40.7 Å². The maximum Gasteiger partial charge on any atom is 0.416 e. The molecule has 1 heterocycles. The molecule has 11 heteroatoms. The van der Waals surface area contributed by atoms with Crippen LogP contribution in [-0.2, 0) is 22.6 Å². The average Bonchev–Trinajstić information content (AvgIpc) is 2.83. The summed E-state index contributed by atoms with van der Waals surface area (Å²) < 4.78 is 85.6. The summed E-state index contributed by atoms with van der Waals surface area (Å²) in [4.78, 5) is 11.6. The zero-order valence-corrected chi connectivity index (χ0v) is 19.9. The Hall–Kier alpha value is -2.66. The van der Waals surface area contributed by atoms with Crippen molar-refractivity contribution in [3.63, 3.8) is 0 Å². The van der Waals surface area contributed by atoms with Crippen LogP contribution in [0.2, 0.25) is 0 Å². The first kappa shape index (κ1) is 27.9. The molecule has 0 bridgehead atoms. The van der Waals surface area contributed by atoms with Crippen molar-refractivity contribution in [2.24, 2.45) is 0 Å². The fraction of sp³-hybridized carbons (Fsp3) is 0.520. The Balaban J connectivity index is 1.89. The maximum atomic E-state index is 13.3. The normalized spacial score (nSPS) is 23.9.